The lowest BCUT2D eigenvalue weighted by molar-refractivity contribution is 0.0792. The van der Waals surface area contributed by atoms with Crippen molar-refractivity contribution in [3.63, 3.8) is 0 Å². The second-order valence-electron chi connectivity index (χ2n) is 7.05. The molecule has 1 aromatic carbocycles. The topological polar surface area (TPSA) is 71.1 Å². The van der Waals surface area contributed by atoms with E-state index in [1.807, 2.05) is 34.1 Å². The van der Waals surface area contributed by atoms with Gasteiger partial charge in [0.25, 0.3) is 5.91 Å². The van der Waals surface area contributed by atoms with Crippen molar-refractivity contribution in [2.45, 2.75) is 31.7 Å². The third-order valence-electron chi connectivity index (χ3n) is 5.16. The third-order valence-corrected chi connectivity index (χ3v) is 5.16. The molecule has 0 aromatic heterocycles. The maximum Gasteiger partial charge on any atom is 0.317 e. The van der Waals surface area contributed by atoms with E-state index < -0.39 is 0 Å². The number of ether oxygens (including phenoxy) is 2. The molecule has 2 heterocycles. The highest BCUT2D eigenvalue weighted by Crippen LogP contribution is 2.20. The summed E-state index contributed by atoms with van der Waals surface area (Å²) in [5.41, 5.74) is 0.698. The van der Waals surface area contributed by atoms with Gasteiger partial charge in [-0.3, -0.25) is 4.79 Å². The zero-order chi connectivity index (χ0) is 19.1. The van der Waals surface area contributed by atoms with E-state index in [1.165, 1.54) is 0 Å². The van der Waals surface area contributed by atoms with Crippen LogP contribution in [0.2, 0.25) is 0 Å². The largest absolute Gasteiger partial charge is 0.491 e. The Morgan fingerprint density at radius 2 is 1.85 bits per heavy atom. The molecule has 7 nitrogen and oxygen atoms in total. The molecule has 0 bridgehead atoms. The fourth-order valence-electron chi connectivity index (χ4n) is 3.63. The molecule has 1 N–H and O–H groups in total. The molecule has 0 saturated carbocycles. The zero-order valence-electron chi connectivity index (χ0n) is 16.0. The molecule has 2 aliphatic rings. The van der Waals surface area contributed by atoms with E-state index in [9.17, 15) is 9.59 Å². The molecule has 148 valence electrons. The van der Waals surface area contributed by atoms with Crippen molar-refractivity contribution in [2.75, 3.05) is 46.5 Å². The minimum atomic E-state index is -0.0651. The summed E-state index contributed by atoms with van der Waals surface area (Å²) in [5, 5.41) is 2.86. The van der Waals surface area contributed by atoms with Gasteiger partial charge in [-0.1, -0.05) is 0 Å². The van der Waals surface area contributed by atoms with Crippen LogP contribution >= 0.6 is 0 Å². The Morgan fingerprint density at radius 1 is 1.11 bits per heavy atom. The number of carbonyl (C=O) groups is 2. The van der Waals surface area contributed by atoms with Crippen molar-refractivity contribution in [3.05, 3.63) is 29.8 Å². The highest BCUT2D eigenvalue weighted by molar-refractivity contribution is 5.94. The lowest BCUT2D eigenvalue weighted by atomic mass is 10.2. The minimum absolute atomic E-state index is 0.0651. The predicted molar refractivity (Wildman–Crippen MR) is 102 cm³/mol. The van der Waals surface area contributed by atoms with Gasteiger partial charge in [0.05, 0.1) is 12.6 Å². The molecule has 3 amide bonds. The average Bonchev–Trinajstić information content (AvgIpc) is 3.38. The van der Waals surface area contributed by atoms with Crippen LogP contribution in [0, 0.1) is 0 Å². The van der Waals surface area contributed by atoms with E-state index in [1.54, 1.807) is 7.11 Å². The summed E-state index contributed by atoms with van der Waals surface area (Å²) in [6, 6.07) is 7.31. The number of hydrogen-bond donors (Lipinski definition) is 1. The lowest BCUT2D eigenvalue weighted by Gasteiger charge is -2.25. The van der Waals surface area contributed by atoms with E-state index >= 15 is 0 Å². The maximum atomic E-state index is 12.4. The normalized spacial score (nSPS) is 19.4. The molecule has 1 unspecified atom stereocenters. The van der Waals surface area contributed by atoms with Gasteiger partial charge in [-0.15, -0.1) is 0 Å². The molecule has 3 rings (SSSR count). The molecule has 2 fully saturated rings. The van der Waals surface area contributed by atoms with E-state index in [0.29, 0.717) is 25.3 Å². The number of nitrogens with one attached hydrogen (secondary N) is 1. The van der Waals surface area contributed by atoms with E-state index in [-0.39, 0.29) is 18.0 Å². The number of rotatable bonds is 7. The van der Waals surface area contributed by atoms with Gasteiger partial charge < -0.3 is 24.6 Å². The van der Waals surface area contributed by atoms with Crippen LogP contribution in [0.25, 0.3) is 0 Å². The summed E-state index contributed by atoms with van der Waals surface area (Å²) in [6.45, 7) is 3.91. The maximum absolute atomic E-state index is 12.4. The van der Waals surface area contributed by atoms with Gasteiger partial charge in [0.2, 0.25) is 0 Å². The van der Waals surface area contributed by atoms with Gasteiger partial charge in [-0.25, -0.2) is 4.79 Å². The quantitative estimate of drug-likeness (QED) is 0.741. The Hall–Kier alpha value is -2.28. The molecule has 1 atom stereocenters. The smallest absolute Gasteiger partial charge is 0.317 e. The van der Waals surface area contributed by atoms with Crippen molar-refractivity contribution in [2.24, 2.45) is 0 Å². The fraction of sp³-hybridized carbons (Fsp3) is 0.600. The van der Waals surface area contributed by atoms with Crippen molar-refractivity contribution in [1.82, 2.24) is 15.1 Å². The third kappa shape index (κ3) is 5.13. The Morgan fingerprint density at radius 3 is 2.56 bits per heavy atom. The molecular formula is C20H29N3O4. The number of carbonyl (C=O) groups excluding carboxylic acids is 2. The highest BCUT2D eigenvalue weighted by Gasteiger charge is 2.29. The monoisotopic (exact) mass is 375 g/mol. The van der Waals surface area contributed by atoms with Crippen LogP contribution in [0.1, 0.15) is 36.0 Å². The molecule has 2 aliphatic heterocycles. The number of hydrogen-bond acceptors (Lipinski definition) is 4. The summed E-state index contributed by atoms with van der Waals surface area (Å²) in [4.78, 5) is 28.4. The summed E-state index contributed by atoms with van der Waals surface area (Å²) in [7, 11) is 1.61. The van der Waals surface area contributed by atoms with Crippen LogP contribution in [-0.2, 0) is 4.74 Å². The molecule has 1 aromatic rings. The molecule has 0 spiro atoms. The zero-order valence-corrected chi connectivity index (χ0v) is 16.0. The number of nitrogens with zero attached hydrogens (tertiary/aromatic N) is 2. The Kier molecular flexibility index (Phi) is 6.92. The first-order valence-electron chi connectivity index (χ1n) is 9.74. The number of benzene rings is 1. The second kappa shape index (κ2) is 9.60. The SMILES string of the molecule is COCCNC(=O)N1CCCC1COc1ccc(C(=O)N2CCCC2)cc1. The van der Waals surface area contributed by atoms with Gasteiger partial charge in [0, 0.05) is 38.9 Å². The van der Waals surface area contributed by atoms with Crippen LogP contribution < -0.4 is 10.1 Å². The summed E-state index contributed by atoms with van der Waals surface area (Å²) >= 11 is 0. The summed E-state index contributed by atoms with van der Waals surface area (Å²) in [5.74, 6) is 0.813. The molecule has 27 heavy (non-hydrogen) atoms. The first-order chi connectivity index (χ1) is 13.2. The van der Waals surface area contributed by atoms with Gasteiger partial charge in [-0.05, 0) is 49.9 Å². The Bertz CT molecular complexity index is 629. The van der Waals surface area contributed by atoms with E-state index in [2.05, 4.69) is 5.32 Å². The van der Waals surface area contributed by atoms with E-state index in [4.69, 9.17) is 9.47 Å². The van der Waals surface area contributed by atoms with Gasteiger partial charge in [0.1, 0.15) is 12.4 Å². The van der Waals surface area contributed by atoms with Crippen LogP contribution in [0.5, 0.6) is 5.75 Å². The molecule has 0 aliphatic carbocycles. The lowest BCUT2D eigenvalue weighted by Crippen LogP contribution is -2.45. The summed E-state index contributed by atoms with van der Waals surface area (Å²) in [6.07, 6.45) is 4.09. The number of methoxy groups -OCH3 is 1. The van der Waals surface area contributed by atoms with Gasteiger partial charge in [-0.2, -0.15) is 0 Å². The standard InChI is InChI=1S/C20H29N3O4/c1-26-14-10-21-20(25)23-13-4-5-17(23)15-27-18-8-6-16(7-9-18)19(24)22-11-2-3-12-22/h6-9,17H,2-5,10-15H2,1H3,(H,21,25). The van der Waals surface area contributed by atoms with Crippen molar-refractivity contribution in [1.29, 1.82) is 0 Å². The van der Waals surface area contributed by atoms with E-state index in [0.717, 1.165) is 51.1 Å². The fourth-order valence-corrected chi connectivity index (χ4v) is 3.63. The van der Waals surface area contributed by atoms with Crippen molar-refractivity contribution < 1.29 is 19.1 Å². The van der Waals surface area contributed by atoms with Crippen LogP contribution in [0.3, 0.4) is 0 Å². The van der Waals surface area contributed by atoms with Crippen LogP contribution in [0.4, 0.5) is 4.79 Å². The molecule has 2 saturated heterocycles. The highest BCUT2D eigenvalue weighted by atomic mass is 16.5. The minimum Gasteiger partial charge on any atom is -0.491 e. The first kappa shape index (κ1) is 19.5. The van der Waals surface area contributed by atoms with Gasteiger partial charge >= 0.3 is 6.03 Å². The first-order valence-corrected chi connectivity index (χ1v) is 9.74. The Labute approximate surface area is 160 Å². The summed E-state index contributed by atoms with van der Waals surface area (Å²) < 4.78 is 10.8. The van der Waals surface area contributed by atoms with Gasteiger partial charge in [0.15, 0.2) is 0 Å². The predicted octanol–water partition coefficient (Wildman–Crippen LogP) is 2.12. The number of urea groups is 1. The van der Waals surface area contributed by atoms with Crippen molar-refractivity contribution >= 4 is 11.9 Å². The second-order valence-corrected chi connectivity index (χ2v) is 7.05. The number of amides is 3. The molecule has 0 radical (unpaired) electrons. The molecule has 7 heteroatoms. The van der Waals surface area contributed by atoms with Crippen molar-refractivity contribution in [3.8, 4) is 5.75 Å². The average molecular weight is 375 g/mol. The van der Waals surface area contributed by atoms with Crippen LogP contribution in [0.15, 0.2) is 24.3 Å². The van der Waals surface area contributed by atoms with Crippen LogP contribution in [-0.4, -0.2) is 74.3 Å². The molecular weight excluding hydrogens is 346 g/mol. The number of likely N-dealkylation sites (tertiary alicyclic amines) is 2. The Balaban J connectivity index is 1.48.